The summed E-state index contributed by atoms with van der Waals surface area (Å²) in [6.07, 6.45) is 11.8. The molecule has 1 heterocycles. The summed E-state index contributed by atoms with van der Waals surface area (Å²) < 4.78 is 1.31. The Bertz CT molecular complexity index is 607. The molecule has 0 N–H and O–H groups in total. The van der Waals surface area contributed by atoms with Crippen molar-refractivity contribution in [2.75, 3.05) is 0 Å². The molecule has 0 unspecified atom stereocenters. The van der Waals surface area contributed by atoms with Gasteiger partial charge in [-0.1, -0.05) is 54.6 Å². The fraction of sp³-hybridized carbons (Fsp3) is 0. The molecule has 0 fully saturated rings. The first-order valence-electron chi connectivity index (χ1n) is 5.71. The zero-order valence-electron chi connectivity index (χ0n) is 9.62. The second-order valence-corrected chi connectivity index (χ2v) is 4.35. The van der Waals surface area contributed by atoms with Crippen LogP contribution in [-0.2, 0) is 0 Å². The number of rotatable bonds is 1. The van der Waals surface area contributed by atoms with Crippen LogP contribution >= 0.6 is 11.8 Å². The fourth-order valence-corrected chi connectivity index (χ4v) is 2.12. The fourth-order valence-electron chi connectivity index (χ4n) is 1.99. The molecular formula is C15H11ClN2. The third-order valence-electron chi connectivity index (χ3n) is 2.84. The van der Waals surface area contributed by atoms with Gasteiger partial charge >= 0.3 is 0 Å². The number of fused-ring (bicyclic) bond motifs is 1. The van der Waals surface area contributed by atoms with Crippen LogP contribution < -0.4 is 0 Å². The van der Waals surface area contributed by atoms with Crippen LogP contribution in [0.4, 0.5) is 0 Å². The molecule has 1 aromatic rings. The van der Waals surface area contributed by atoms with E-state index in [2.05, 4.69) is 23.3 Å². The molecule has 0 atom stereocenters. The molecule has 0 saturated heterocycles. The molecule has 0 spiro atoms. The van der Waals surface area contributed by atoms with Crippen LogP contribution in [0.15, 0.2) is 77.6 Å². The van der Waals surface area contributed by atoms with Crippen molar-refractivity contribution in [1.29, 1.82) is 0 Å². The highest BCUT2D eigenvalue weighted by atomic mass is 35.5. The third-order valence-corrected chi connectivity index (χ3v) is 3.02. The highest BCUT2D eigenvalue weighted by molar-refractivity contribution is 6.34. The summed E-state index contributed by atoms with van der Waals surface area (Å²) in [6, 6.07) is 10.2. The van der Waals surface area contributed by atoms with Gasteiger partial charge in [-0.05, 0) is 11.6 Å². The Morgan fingerprint density at radius 3 is 2.61 bits per heavy atom. The van der Waals surface area contributed by atoms with Crippen molar-refractivity contribution in [2.24, 2.45) is 5.10 Å². The minimum absolute atomic E-state index is 0.892. The molecule has 0 aromatic heterocycles. The maximum Gasteiger partial charge on any atom is 0.100 e. The van der Waals surface area contributed by atoms with E-state index in [0.29, 0.717) is 0 Å². The van der Waals surface area contributed by atoms with Crippen molar-refractivity contribution in [2.45, 2.75) is 0 Å². The van der Waals surface area contributed by atoms with Crippen molar-refractivity contribution in [3.05, 3.63) is 78.0 Å². The van der Waals surface area contributed by atoms with Crippen LogP contribution in [0.2, 0.25) is 0 Å². The van der Waals surface area contributed by atoms with E-state index in [4.69, 9.17) is 11.8 Å². The van der Waals surface area contributed by atoms with E-state index < -0.39 is 0 Å². The first-order chi connectivity index (χ1) is 8.84. The lowest BCUT2D eigenvalue weighted by Crippen LogP contribution is -2.13. The van der Waals surface area contributed by atoms with Crippen LogP contribution in [0.1, 0.15) is 5.56 Å². The standard InChI is InChI=1S/C15H11ClN2/c16-18-11-10-13-8-4-5-9-14(15(13)17-18)12-6-2-1-3-7-12/h1-11H. The molecule has 1 aliphatic heterocycles. The van der Waals surface area contributed by atoms with Crippen molar-refractivity contribution in [3.63, 3.8) is 0 Å². The van der Waals surface area contributed by atoms with E-state index in [9.17, 15) is 0 Å². The minimum atomic E-state index is 0.892. The molecule has 0 radical (unpaired) electrons. The molecule has 1 aromatic carbocycles. The van der Waals surface area contributed by atoms with Crippen LogP contribution in [0.3, 0.4) is 0 Å². The maximum atomic E-state index is 5.93. The van der Waals surface area contributed by atoms with Gasteiger partial charge in [0.2, 0.25) is 0 Å². The van der Waals surface area contributed by atoms with E-state index >= 15 is 0 Å². The van der Waals surface area contributed by atoms with E-state index in [0.717, 1.165) is 22.4 Å². The lowest BCUT2D eigenvalue weighted by Gasteiger charge is -2.17. The number of allylic oxidation sites excluding steroid dienone is 7. The first kappa shape index (κ1) is 11.1. The average molecular weight is 255 g/mol. The van der Waals surface area contributed by atoms with Crippen molar-refractivity contribution < 1.29 is 0 Å². The van der Waals surface area contributed by atoms with Gasteiger partial charge in [0, 0.05) is 29.1 Å². The van der Waals surface area contributed by atoms with Crippen molar-refractivity contribution in [1.82, 2.24) is 4.53 Å². The Balaban J connectivity index is 2.12. The number of nitrogens with zero attached hydrogens (tertiary/aromatic N) is 2. The summed E-state index contributed by atoms with van der Waals surface area (Å²) in [5.41, 5.74) is 4.17. The van der Waals surface area contributed by atoms with E-state index in [1.54, 1.807) is 6.20 Å². The summed E-state index contributed by atoms with van der Waals surface area (Å²) >= 11 is 5.93. The SMILES string of the molecule is ClN1C=CC2=CC=CC=C(c3ccccc3)C2=N1. The van der Waals surface area contributed by atoms with Crippen LogP contribution in [0, 0.1) is 0 Å². The quantitative estimate of drug-likeness (QED) is 0.694. The van der Waals surface area contributed by atoms with E-state index in [1.807, 2.05) is 42.5 Å². The van der Waals surface area contributed by atoms with Gasteiger partial charge in [0.25, 0.3) is 0 Å². The molecule has 3 heteroatoms. The van der Waals surface area contributed by atoms with Gasteiger partial charge in [0.05, 0.1) is 0 Å². The maximum absolute atomic E-state index is 5.93. The Hall–Kier alpha value is -2.06. The van der Waals surface area contributed by atoms with E-state index in [1.165, 1.54) is 4.53 Å². The number of hydrazone groups is 1. The van der Waals surface area contributed by atoms with Gasteiger partial charge in [0.1, 0.15) is 5.71 Å². The molecule has 3 rings (SSSR count). The molecule has 0 amide bonds. The molecule has 2 nitrogen and oxygen atoms in total. The van der Waals surface area contributed by atoms with Gasteiger partial charge in [-0.25, -0.2) is 0 Å². The predicted molar refractivity (Wildman–Crippen MR) is 75.9 cm³/mol. The largest absolute Gasteiger partial charge is 0.180 e. The minimum Gasteiger partial charge on any atom is -0.180 e. The second kappa shape index (κ2) is 4.67. The Morgan fingerprint density at radius 2 is 1.78 bits per heavy atom. The van der Waals surface area contributed by atoms with Gasteiger partial charge in [-0.3, -0.25) is 0 Å². The van der Waals surface area contributed by atoms with Gasteiger partial charge < -0.3 is 0 Å². The van der Waals surface area contributed by atoms with Gasteiger partial charge in [0.15, 0.2) is 0 Å². The molecule has 1 aliphatic carbocycles. The van der Waals surface area contributed by atoms with Gasteiger partial charge in [-0.2, -0.15) is 9.63 Å². The molecule has 18 heavy (non-hydrogen) atoms. The summed E-state index contributed by atoms with van der Waals surface area (Å²) in [5, 5.41) is 4.37. The van der Waals surface area contributed by atoms with Gasteiger partial charge in [-0.15, -0.1) is 0 Å². The zero-order chi connectivity index (χ0) is 12.4. The lowest BCUT2D eigenvalue weighted by atomic mass is 9.96. The summed E-state index contributed by atoms with van der Waals surface area (Å²) in [7, 11) is 0. The first-order valence-corrected chi connectivity index (χ1v) is 6.05. The zero-order valence-corrected chi connectivity index (χ0v) is 10.4. The Kier molecular flexibility index (Phi) is 2.87. The average Bonchev–Trinajstić information content (AvgIpc) is 2.61. The molecule has 88 valence electrons. The molecule has 0 saturated carbocycles. The van der Waals surface area contributed by atoms with E-state index in [-0.39, 0.29) is 0 Å². The van der Waals surface area contributed by atoms with Crippen molar-refractivity contribution >= 4 is 23.1 Å². The topological polar surface area (TPSA) is 15.6 Å². The normalized spacial score (nSPS) is 17.6. The second-order valence-electron chi connectivity index (χ2n) is 4.01. The van der Waals surface area contributed by atoms with Crippen molar-refractivity contribution in [3.8, 4) is 0 Å². The highest BCUT2D eigenvalue weighted by Crippen LogP contribution is 2.26. The molecule has 0 bridgehead atoms. The number of halogens is 1. The Morgan fingerprint density at radius 1 is 1.00 bits per heavy atom. The monoisotopic (exact) mass is 254 g/mol. The number of hydrogen-bond donors (Lipinski definition) is 0. The van der Waals surface area contributed by atoms with Crippen LogP contribution in [0.5, 0.6) is 0 Å². The predicted octanol–water partition coefficient (Wildman–Crippen LogP) is 3.91. The molecular weight excluding hydrogens is 244 g/mol. The molecule has 2 aliphatic rings. The summed E-state index contributed by atoms with van der Waals surface area (Å²) in [4.78, 5) is 0. The highest BCUT2D eigenvalue weighted by Gasteiger charge is 2.17. The van der Waals surface area contributed by atoms with Crippen LogP contribution in [-0.4, -0.2) is 10.2 Å². The number of benzene rings is 1. The summed E-state index contributed by atoms with van der Waals surface area (Å²) in [6.45, 7) is 0. The lowest BCUT2D eigenvalue weighted by molar-refractivity contribution is 0.651. The smallest absolute Gasteiger partial charge is 0.100 e. The summed E-state index contributed by atoms with van der Waals surface area (Å²) in [5.74, 6) is 0. The third kappa shape index (κ3) is 2.03. The Labute approximate surface area is 111 Å². The van der Waals surface area contributed by atoms with Crippen LogP contribution in [0.25, 0.3) is 5.57 Å². The number of hydrogen-bond acceptors (Lipinski definition) is 2.